The van der Waals surface area contributed by atoms with Gasteiger partial charge in [-0.15, -0.1) is 0 Å². The number of nitrogens with two attached hydrogens (primary N) is 1. The van der Waals surface area contributed by atoms with E-state index >= 15 is 0 Å². The number of nitrogens with one attached hydrogen (secondary N) is 1. The predicted molar refractivity (Wildman–Crippen MR) is 151 cm³/mol. The molecule has 43 heavy (non-hydrogen) atoms. The molecule has 1 aromatic carbocycles. The number of pyridine rings is 1. The van der Waals surface area contributed by atoms with Crippen molar-refractivity contribution in [3.63, 3.8) is 0 Å². The molecule has 13 heteroatoms. The lowest BCUT2D eigenvalue weighted by Gasteiger charge is -2.40. The number of aromatic nitrogens is 1. The highest BCUT2D eigenvalue weighted by Crippen LogP contribution is 2.51. The van der Waals surface area contributed by atoms with E-state index in [0.29, 0.717) is 12.8 Å². The van der Waals surface area contributed by atoms with Crippen LogP contribution in [0, 0.1) is 11.8 Å². The third-order valence-corrected chi connectivity index (χ3v) is 8.00. The number of amides is 2. The lowest BCUT2D eigenvalue weighted by molar-refractivity contribution is -0.192. The highest BCUT2D eigenvalue weighted by molar-refractivity contribution is 5.99. The fourth-order valence-corrected chi connectivity index (χ4v) is 5.62. The maximum Gasteiger partial charge on any atom is 0.490 e. The van der Waals surface area contributed by atoms with E-state index in [9.17, 15) is 22.8 Å². The molecule has 3 aliphatic rings. The number of aliphatic imine (C=N–C) groups is 1. The topological polar surface area (TPSA) is 147 Å². The lowest BCUT2D eigenvalue weighted by Crippen LogP contribution is -2.52. The van der Waals surface area contributed by atoms with Gasteiger partial charge in [-0.1, -0.05) is 31.2 Å². The van der Waals surface area contributed by atoms with Gasteiger partial charge in [0, 0.05) is 30.3 Å². The quantitative estimate of drug-likeness (QED) is 0.440. The van der Waals surface area contributed by atoms with E-state index in [4.69, 9.17) is 20.4 Å². The van der Waals surface area contributed by atoms with E-state index in [0.717, 1.165) is 23.3 Å². The minimum atomic E-state index is -5.08. The molecule has 2 aliphatic heterocycles. The maximum atomic E-state index is 13.5. The van der Waals surface area contributed by atoms with Gasteiger partial charge in [0.05, 0.1) is 24.0 Å². The number of alkyl halides is 3. The third-order valence-electron chi connectivity index (χ3n) is 8.00. The number of para-hydroxylation sites is 1. The molecule has 1 fully saturated rings. The van der Waals surface area contributed by atoms with Crippen LogP contribution in [0.1, 0.15) is 76.6 Å². The Labute approximate surface area is 247 Å². The van der Waals surface area contributed by atoms with Crippen molar-refractivity contribution < 1.29 is 37.4 Å². The summed E-state index contributed by atoms with van der Waals surface area (Å²) in [5.74, 6) is -2.11. The molecule has 0 spiro atoms. The molecule has 2 amide bonds. The predicted octanol–water partition coefficient (Wildman–Crippen LogP) is 4.53. The van der Waals surface area contributed by atoms with Crippen LogP contribution in [0.4, 0.5) is 13.2 Å². The minimum absolute atomic E-state index is 0.00524. The minimum Gasteiger partial charge on any atom is -0.487 e. The van der Waals surface area contributed by atoms with Gasteiger partial charge >= 0.3 is 12.1 Å². The van der Waals surface area contributed by atoms with Gasteiger partial charge in [-0.2, -0.15) is 13.2 Å². The number of aliphatic carboxylic acids is 1. The number of carboxylic acid groups (broad SMARTS) is 1. The third kappa shape index (κ3) is 7.26. The first-order chi connectivity index (χ1) is 20.0. The Hall–Kier alpha value is -4.16. The van der Waals surface area contributed by atoms with Gasteiger partial charge in [0.15, 0.2) is 5.96 Å². The van der Waals surface area contributed by atoms with Crippen LogP contribution in [0.5, 0.6) is 5.75 Å². The molecule has 232 valence electrons. The normalized spacial score (nSPS) is 26.5. The molecule has 2 aromatic rings. The molecule has 0 saturated heterocycles. The first-order valence-corrected chi connectivity index (χ1v) is 14.0. The molecule has 10 nitrogen and oxygen atoms in total. The molecular weight excluding hydrogens is 567 g/mol. The monoisotopic (exact) mass is 603 g/mol. The maximum absolute atomic E-state index is 13.5. The van der Waals surface area contributed by atoms with Gasteiger partial charge in [-0.3, -0.25) is 19.5 Å². The molecule has 5 rings (SSSR count). The van der Waals surface area contributed by atoms with Crippen LogP contribution < -0.4 is 15.8 Å². The molecule has 1 aromatic heterocycles. The fraction of sp³-hybridized carbons (Fsp3) is 0.500. The number of ether oxygens (including phenoxy) is 1. The number of hydrogen-bond donors (Lipinski definition) is 3. The van der Waals surface area contributed by atoms with Gasteiger partial charge in [0.25, 0.3) is 0 Å². The van der Waals surface area contributed by atoms with Crippen molar-refractivity contribution in [3.05, 3.63) is 59.9 Å². The second kappa shape index (κ2) is 11.8. The number of fused-ring (bicyclic) bond motifs is 1. The number of carbonyl (C=O) groups excluding carboxylic acids is 2. The standard InChI is InChI=1S/C28H35N5O3.C2HF3O2/c1-5-28(4)14-21(18-10-6-7-11-22(18)36-28)31-25(35)20-13-19(20)24(17-9-8-12-30-16-17)33-23(34)15-27(2,3)32-26(33)29;3-2(4,5)1(6)7/h6-12,16,19-21,24H,5,13-15H2,1-4H3,(H2,29,32)(H,31,35);(H,6,7)/t19-,20-,21?,24+,28?;/m1./s1. The average Bonchev–Trinajstić information content (AvgIpc) is 3.71. The zero-order chi connectivity index (χ0) is 31.7. The summed E-state index contributed by atoms with van der Waals surface area (Å²) in [5, 5.41) is 10.4. The van der Waals surface area contributed by atoms with Crippen molar-refractivity contribution in [1.29, 1.82) is 0 Å². The van der Waals surface area contributed by atoms with Crippen LogP contribution in [0.2, 0.25) is 0 Å². The van der Waals surface area contributed by atoms with Crippen LogP contribution >= 0.6 is 0 Å². The Morgan fingerprint density at radius 3 is 2.47 bits per heavy atom. The zero-order valence-corrected chi connectivity index (χ0v) is 24.4. The van der Waals surface area contributed by atoms with Crippen LogP contribution in [-0.4, -0.2) is 56.0 Å². The summed E-state index contributed by atoms with van der Waals surface area (Å²) in [5.41, 5.74) is 7.32. The number of carboxylic acids is 1. The van der Waals surface area contributed by atoms with Gasteiger partial charge in [-0.05, 0) is 57.2 Å². The van der Waals surface area contributed by atoms with Crippen molar-refractivity contribution in [3.8, 4) is 5.75 Å². The van der Waals surface area contributed by atoms with E-state index in [-0.39, 0.29) is 53.7 Å². The van der Waals surface area contributed by atoms with E-state index in [1.165, 1.54) is 0 Å². The molecule has 0 radical (unpaired) electrons. The summed E-state index contributed by atoms with van der Waals surface area (Å²) in [4.78, 5) is 46.1. The summed E-state index contributed by atoms with van der Waals surface area (Å²) < 4.78 is 38.0. The van der Waals surface area contributed by atoms with Crippen LogP contribution in [0.3, 0.4) is 0 Å². The van der Waals surface area contributed by atoms with Gasteiger partial charge in [-0.25, -0.2) is 9.79 Å². The van der Waals surface area contributed by atoms with Crippen LogP contribution in [-0.2, 0) is 14.4 Å². The number of rotatable bonds is 6. The van der Waals surface area contributed by atoms with Crippen LogP contribution in [0.15, 0.2) is 53.8 Å². The Morgan fingerprint density at radius 1 is 1.21 bits per heavy atom. The molecule has 1 saturated carbocycles. The molecule has 0 bridgehead atoms. The molecular formula is C30H36F3N5O5. The Morgan fingerprint density at radius 2 is 1.88 bits per heavy atom. The molecule has 3 heterocycles. The zero-order valence-electron chi connectivity index (χ0n) is 24.4. The number of halogens is 3. The highest BCUT2D eigenvalue weighted by atomic mass is 19.4. The molecule has 4 N–H and O–H groups in total. The van der Waals surface area contributed by atoms with E-state index < -0.39 is 17.7 Å². The summed E-state index contributed by atoms with van der Waals surface area (Å²) in [6.07, 6.45) is 0.845. The smallest absolute Gasteiger partial charge is 0.487 e. The second-order valence-corrected chi connectivity index (χ2v) is 12.0. The van der Waals surface area contributed by atoms with E-state index in [1.807, 2.05) is 50.2 Å². The van der Waals surface area contributed by atoms with Crippen LogP contribution in [0.25, 0.3) is 0 Å². The molecule has 2 unspecified atom stereocenters. The summed E-state index contributed by atoms with van der Waals surface area (Å²) in [6, 6.07) is 11.2. The van der Waals surface area contributed by atoms with E-state index in [2.05, 4.69) is 29.1 Å². The van der Waals surface area contributed by atoms with Gasteiger partial charge in [0.1, 0.15) is 11.4 Å². The van der Waals surface area contributed by atoms with Crippen molar-refractivity contribution in [2.45, 2.75) is 82.8 Å². The van der Waals surface area contributed by atoms with Crippen molar-refractivity contribution in [1.82, 2.24) is 15.2 Å². The largest absolute Gasteiger partial charge is 0.490 e. The summed E-state index contributed by atoms with van der Waals surface area (Å²) in [7, 11) is 0. The van der Waals surface area contributed by atoms with Crippen molar-refractivity contribution in [2.24, 2.45) is 22.6 Å². The fourth-order valence-electron chi connectivity index (χ4n) is 5.62. The Bertz CT molecular complexity index is 1400. The number of nitrogens with zero attached hydrogens (tertiary/aromatic N) is 3. The summed E-state index contributed by atoms with van der Waals surface area (Å²) in [6.45, 7) is 7.99. The summed E-state index contributed by atoms with van der Waals surface area (Å²) >= 11 is 0. The number of hydrogen-bond acceptors (Lipinski definition) is 7. The second-order valence-electron chi connectivity index (χ2n) is 12.0. The van der Waals surface area contributed by atoms with Crippen molar-refractivity contribution in [2.75, 3.05) is 0 Å². The lowest BCUT2D eigenvalue weighted by atomic mass is 9.86. The highest BCUT2D eigenvalue weighted by Gasteiger charge is 2.53. The Balaban J connectivity index is 0.000000541. The number of carbonyl (C=O) groups is 3. The average molecular weight is 604 g/mol. The number of guanidine groups is 1. The van der Waals surface area contributed by atoms with E-state index in [1.54, 1.807) is 17.3 Å². The molecule has 5 atom stereocenters. The van der Waals surface area contributed by atoms with Gasteiger partial charge < -0.3 is 20.9 Å². The van der Waals surface area contributed by atoms with Crippen molar-refractivity contribution >= 4 is 23.7 Å². The first-order valence-electron chi connectivity index (χ1n) is 14.0. The SMILES string of the molecule is CCC1(C)CC(NC(=O)[C@@H]2C[C@H]2[C@H](c2cccnc2)N2C(=O)CC(C)(C)N=C2N)c2ccccc2O1.O=C(O)C(F)(F)F. The molecule has 1 aliphatic carbocycles. The number of benzene rings is 1. The van der Waals surface area contributed by atoms with Gasteiger partial charge in [0.2, 0.25) is 11.8 Å². The Kier molecular flexibility index (Phi) is 8.75. The first kappa shape index (κ1) is 31.8.